The van der Waals surface area contributed by atoms with E-state index in [2.05, 4.69) is 118 Å². The van der Waals surface area contributed by atoms with E-state index in [-0.39, 0.29) is 31.1 Å². The van der Waals surface area contributed by atoms with E-state index < -0.39 is 6.10 Å². The Kier molecular flexibility index (Phi) is 61.8. The molecule has 0 saturated carbocycles. The molecule has 0 radical (unpaired) electrons. The van der Waals surface area contributed by atoms with Crippen molar-refractivity contribution in [3.63, 3.8) is 0 Å². The van der Waals surface area contributed by atoms with Crippen molar-refractivity contribution in [3.05, 3.63) is 97.2 Å². The first kappa shape index (κ1) is 73.3. The van der Waals surface area contributed by atoms with Crippen molar-refractivity contribution in [1.29, 1.82) is 0 Å². The molecule has 0 aromatic carbocycles. The Morgan fingerprint density at radius 1 is 0.273 bits per heavy atom. The largest absolute Gasteiger partial charge is 0.462 e. The van der Waals surface area contributed by atoms with Crippen LogP contribution in [0.15, 0.2) is 97.2 Å². The lowest BCUT2D eigenvalue weighted by atomic mass is 10.0. The molecule has 0 N–H and O–H groups in total. The summed E-state index contributed by atoms with van der Waals surface area (Å²) in [7, 11) is 0. The molecule has 0 rings (SSSR count). The molecule has 1 atom stereocenters. The standard InChI is InChI=1S/C71H122O6/c1-4-7-10-13-16-19-22-25-28-30-31-32-33-34-35-36-37-38-39-41-43-46-49-52-55-58-61-64-70(73)76-67-68(66-75-69(72)63-60-57-54-51-48-45-42-27-24-21-18-15-12-9-6-3)77-71(74)65-62-59-56-53-50-47-44-40-29-26-23-20-17-14-11-8-5-2/h7,10,16,18-19,21,25,27-28,31-32,34-35,37-38,42,68H,4-6,8-9,11-15,17,20,22-24,26,29-30,33,36,39-41,43-67H2,1-3H3/b10-7-,19-16-,21-18-,28-25-,32-31-,35-34-,38-37-,42-27-. The molecular weight excluding hydrogens is 949 g/mol. The molecule has 0 amide bonds. The molecule has 0 heterocycles. The van der Waals surface area contributed by atoms with Crippen LogP contribution in [0.3, 0.4) is 0 Å². The Morgan fingerprint density at radius 2 is 0.506 bits per heavy atom. The van der Waals surface area contributed by atoms with Gasteiger partial charge in [0.15, 0.2) is 6.10 Å². The molecule has 0 aromatic heterocycles. The van der Waals surface area contributed by atoms with E-state index in [1.165, 1.54) is 154 Å². The number of rotatable bonds is 59. The number of esters is 3. The zero-order valence-electron chi connectivity index (χ0n) is 50.7. The third-order valence-electron chi connectivity index (χ3n) is 14.1. The topological polar surface area (TPSA) is 78.9 Å². The van der Waals surface area contributed by atoms with Gasteiger partial charge in [0.25, 0.3) is 0 Å². The second kappa shape index (κ2) is 64.9. The SMILES string of the molecule is CC/C=C\C/C=C\C/C=C\C/C=C\C/C=C\C/C=C\CCCCCCCCCCC(=O)OCC(COC(=O)CCCCCCC/C=C\C/C=C\CCCCC)OC(=O)CCCCCCCCCCCCCCCCCCC. The van der Waals surface area contributed by atoms with Crippen LogP contribution in [0.5, 0.6) is 0 Å². The summed E-state index contributed by atoms with van der Waals surface area (Å²) in [5, 5.41) is 0. The fourth-order valence-electron chi connectivity index (χ4n) is 9.18. The number of carbonyl (C=O) groups excluding carboxylic acids is 3. The molecular formula is C71H122O6. The highest BCUT2D eigenvalue weighted by molar-refractivity contribution is 5.71. The van der Waals surface area contributed by atoms with Crippen LogP contribution in [0, 0.1) is 0 Å². The van der Waals surface area contributed by atoms with Gasteiger partial charge in [-0.05, 0) is 103 Å². The van der Waals surface area contributed by atoms with E-state index in [0.29, 0.717) is 19.3 Å². The van der Waals surface area contributed by atoms with Crippen molar-refractivity contribution >= 4 is 17.9 Å². The summed E-state index contributed by atoms with van der Waals surface area (Å²) in [6, 6.07) is 0. The van der Waals surface area contributed by atoms with Gasteiger partial charge in [0, 0.05) is 19.3 Å². The van der Waals surface area contributed by atoms with Crippen LogP contribution in [0.4, 0.5) is 0 Å². The second-order valence-electron chi connectivity index (χ2n) is 21.6. The second-order valence-corrected chi connectivity index (χ2v) is 21.6. The van der Waals surface area contributed by atoms with Crippen LogP contribution in [0.2, 0.25) is 0 Å². The Hall–Kier alpha value is -3.67. The molecule has 0 spiro atoms. The van der Waals surface area contributed by atoms with Crippen molar-refractivity contribution in [2.24, 2.45) is 0 Å². The summed E-state index contributed by atoms with van der Waals surface area (Å²) >= 11 is 0. The van der Waals surface area contributed by atoms with Crippen LogP contribution in [0.25, 0.3) is 0 Å². The lowest BCUT2D eigenvalue weighted by Crippen LogP contribution is -2.30. The Bertz CT molecular complexity index is 1510. The average molecular weight is 1070 g/mol. The molecule has 0 aliphatic heterocycles. The summed E-state index contributed by atoms with van der Waals surface area (Å²) in [6.45, 7) is 6.52. The average Bonchev–Trinajstić information content (AvgIpc) is 3.43. The summed E-state index contributed by atoms with van der Waals surface area (Å²) in [5.74, 6) is -0.892. The zero-order valence-corrected chi connectivity index (χ0v) is 50.7. The third kappa shape index (κ3) is 63.0. The summed E-state index contributed by atoms with van der Waals surface area (Å²) in [4.78, 5) is 38.3. The van der Waals surface area contributed by atoms with Gasteiger partial charge in [-0.1, -0.05) is 291 Å². The van der Waals surface area contributed by atoms with Gasteiger partial charge >= 0.3 is 17.9 Å². The van der Waals surface area contributed by atoms with Crippen LogP contribution < -0.4 is 0 Å². The highest BCUT2D eigenvalue weighted by atomic mass is 16.6. The lowest BCUT2D eigenvalue weighted by molar-refractivity contribution is -0.167. The molecule has 6 nitrogen and oxygen atoms in total. The first-order valence-electron chi connectivity index (χ1n) is 32.7. The van der Waals surface area contributed by atoms with Gasteiger partial charge in [0.2, 0.25) is 0 Å². The minimum Gasteiger partial charge on any atom is -0.462 e. The summed E-state index contributed by atoms with van der Waals surface area (Å²) < 4.78 is 16.9. The van der Waals surface area contributed by atoms with Gasteiger partial charge < -0.3 is 14.2 Å². The molecule has 0 saturated heterocycles. The van der Waals surface area contributed by atoms with E-state index >= 15 is 0 Å². The van der Waals surface area contributed by atoms with Crippen LogP contribution in [-0.2, 0) is 28.6 Å². The molecule has 6 heteroatoms. The zero-order chi connectivity index (χ0) is 55.7. The normalized spacial score (nSPS) is 12.7. The number of hydrogen-bond acceptors (Lipinski definition) is 6. The maximum atomic E-state index is 12.9. The predicted octanol–water partition coefficient (Wildman–Crippen LogP) is 22.4. The van der Waals surface area contributed by atoms with Crippen molar-refractivity contribution < 1.29 is 28.6 Å². The molecule has 0 aliphatic carbocycles. The predicted molar refractivity (Wildman–Crippen MR) is 334 cm³/mol. The van der Waals surface area contributed by atoms with Gasteiger partial charge in [-0.3, -0.25) is 14.4 Å². The fraction of sp³-hybridized carbons (Fsp3) is 0.732. The van der Waals surface area contributed by atoms with Crippen LogP contribution in [-0.4, -0.2) is 37.2 Å². The molecule has 77 heavy (non-hydrogen) atoms. The number of carbonyl (C=O) groups is 3. The molecule has 1 unspecified atom stereocenters. The number of allylic oxidation sites excluding steroid dienone is 16. The molecule has 0 fully saturated rings. The summed E-state index contributed by atoms with van der Waals surface area (Å²) in [6.07, 6.45) is 86.9. The monoisotopic (exact) mass is 1070 g/mol. The first-order valence-corrected chi connectivity index (χ1v) is 32.7. The Balaban J connectivity index is 4.35. The van der Waals surface area contributed by atoms with Crippen molar-refractivity contribution in [2.75, 3.05) is 13.2 Å². The quantitative estimate of drug-likeness (QED) is 0.0261. The molecule has 0 aliphatic rings. The number of ether oxygens (including phenoxy) is 3. The number of unbranched alkanes of at least 4 members (excludes halogenated alkanes) is 32. The van der Waals surface area contributed by atoms with Crippen LogP contribution in [0.1, 0.15) is 316 Å². The Labute approximate surface area is 477 Å². The van der Waals surface area contributed by atoms with Crippen LogP contribution >= 0.6 is 0 Å². The van der Waals surface area contributed by atoms with E-state index in [4.69, 9.17) is 14.2 Å². The highest BCUT2D eigenvalue weighted by Gasteiger charge is 2.19. The van der Waals surface area contributed by atoms with Gasteiger partial charge in [-0.2, -0.15) is 0 Å². The van der Waals surface area contributed by atoms with Gasteiger partial charge in [0.05, 0.1) is 0 Å². The van der Waals surface area contributed by atoms with Gasteiger partial charge in [0.1, 0.15) is 13.2 Å². The van der Waals surface area contributed by atoms with Crippen molar-refractivity contribution in [2.45, 2.75) is 322 Å². The number of hydrogen-bond donors (Lipinski definition) is 0. The Morgan fingerprint density at radius 3 is 0.818 bits per heavy atom. The van der Waals surface area contributed by atoms with Crippen molar-refractivity contribution in [3.8, 4) is 0 Å². The van der Waals surface area contributed by atoms with Gasteiger partial charge in [-0.25, -0.2) is 0 Å². The van der Waals surface area contributed by atoms with E-state index in [1.54, 1.807) is 0 Å². The minimum atomic E-state index is -0.787. The summed E-state index contributed by atoms with van der Waals surface area (Å²) in [5.41, 5.74) is 0. The molecule has 0 aromatic rings. The van der Waals surface area contributed by atoms with Crippen molar-refractivity contribution in [1.82, 2.24) is 0 Å². The highest BCUT2D eigenvalue weighted by Crippen LogP contribution is 2.17. The minimum absolute atomic E-state index is 0.0842. The van der Waals surface area contributed by atoms with E-state index in [9.17, 15) is 14.4 Å². The maximum absolute atomic E-state index is 12.9. The lowest BCUT2D eigenvalue weighted by Gasteiger charge is -2.18. The third-order valence-corrected chi connectivity index (χ3v) is 14.1. The van der Waals surface area contributed by atoms with E-state index in [0.717, 1.165) is 122 Å². The van der Waals surface area contributed by atoms with Gasteiger partial charge in [-0.15, -0.1) is 0 Å². The molecule has 0 bridgehead atoms. The fourth-order valence-corrected chi connectivity index (χ4v) is 9.18. The maximum Gasteiger partial charge on any atom is 0.306 e. The first-order chi connectivity index (χ1) is 38.0. The smallest absolute Gasteiger partial charge is 0.306 e. The van der Waals surface area contributed by atoms with E-state index in [1.807, 2.05) is 0 Å². The molecule has 442 valence electrons.